The Balaban J connectivity index is 1.73. The summed E-state index contributed by atoms with van der Waals surface area (Å²) in [5.74, 6) is 2.16. The molecule has 1 saturated heterocycles. The molecule has 4 rings (SSSR count). The molecule has 0 spiro atoms. The lowest BCUT2D eigenvalue weighted by molar-refractivity contribution is -0.113. The van der Waals surface area contributed by atoms with E-state index in [0.717, 1.165) is 41.2 Å². The van der Waals surface area contributed by atoms with Crippen molar-refractivity contribution in [2.24, 2.45) is 0 Å². The lowest BCUT2D eigenvalue weighted by Gasteiger charge is -2.36. The summed E-state index contributed by atoms with van der Waals surface area (Å²) in [4.78, 5) is 12.5. The van der Waals surface area contributed by atoms with Gasteiger partial charge in [-0.2, -0.15) is 5.10 Å². The maximum absolute atomic E-state index is 12.5. The van der Waals surface area contributed by atoms with Crippen molar-refractivity contribution in [2.75, 3.05) is 24.3 Å². The third kappa shape index (κ3) is 4.16. The second-order valence-electron chi connectivity index (χ2n) is 8.29. The van der Waals surface area contributed by atoms with E-state index < -0.39 is 0 Å². The fraction of sp³-hybridized carbons (Fsp3) is 0.545. The summed E-state index contributed by atoms with van der Waals surface area (Å²) in [6.07, 6.45) is 1.77. The first-order chi connectivity index (χ1) is 13.9. The summed E-state index contributed by atoms with van der Waals surface area (Å²) in [5.41, 5.74) is 3.05. The number of fused-ring (bicyclic) bond motifs is 1. The molecule has 2 aliphatic heterocycles. The topological polar surface area (TPSA) is 65.4 Å². The maximum Gasteiger partial charge on any atom is 0.235 e. The van der Waals surface area contributed by atoms with Crippen molar-refractivity contribution in [1.29, 1.82) is 0 Å². The number of nitrogens with one attached hydrogen (secondary N) is 1. The molecule has 1 aromatic carbocycles. The van der Waals surface area contributed by atoms with E-state index >= 15 is 0 Å². The fourth-order valence-corrected chi connectivity index (χ4v) is 5.44. The lowest BCUT2D eigenvalue weighted by atomic mass is 9.94. The van der Waals surface area contributed by atoms with Gasteiger partial charge in [0.25, 0.3) is 0 Å². The third-order valence-electron chi connectivity index (χ3n) is 5.54. The minimum absolute atomic E-state index is 0.0251. The van der Waals surface area contributed by atoms with Crippen LogP contribution in [0.15, 0.2) is 24.3 Å². The van der Waals surface area contributed by atoms with Gasteiger partial charge in [0.1, 0.15) is 11.6 Å². The molecule has 7 heteroatoms. The van der Waals surface area contributed by atoms with E-state index in [4.69, 9.17) is 14.6 Å². The van der Waals surface area contributed by atoms with E-state index in [0.29, 0.717) is 19.0 Å². The summed E-state index contributed by atoms with van der Waals surface area (Å²) in [7, 11) is 0. The Morgan fingerprint density at radius 3 is 2.79 bits per heavy atom. The number of benzene rings is 1. The van der Waals surface area contributed by atoms with Crippen LogP contribution < -0.4 is 10.1 Å². The van der Waals surface area contributed by atoms with Gasteiger partial charge in [0, 0.05) is 12.2 Å². The molecule has 2 atom stereocenters. The van der Waals surface area contributed by atoms with Gasteiger partial charge < -0.3 is 14.8 Å². The van der Waals surface area contributed by atoms with Crippen LogP contribution in [0.4, 0.5) is 5.82 Å². The van der Waals surface area contributed by atoms with Crippen LogP contribution >= 0.6 is 11.8 Å². The van der Waals surface area contributed by atoms with Gasteiger partial charge in [0.05, 0.1) is 34.9 Å². The third-order valence-corrected chi connectivity index (χ3v) is 6.81. The number of hydrogen-bond donors (Lipinski definition) is 1. The van der Waals surface area contributed by atoms with E-state index in [2.05, 4.69) is 31.3 Å². The van der Waals surface area contributed by atoms with E-state index in [1.807, 2.05) is 30.7 Å². The molecule has 1 amide bonds. The molecule has 2 aromatic rings. The Bertz CT molecular complexity index is 891. The molecule has 156 valence electrons. The number of amides is 1. The molecule has 0 unspecified atom stereocenters. The number of carbonyl (C=O) groups is 1. The fourth-order valence-electron chi connectivity index (χ4n) is 4.25. The summed E-state index contributed by atoms with van der Waals surface area (Å²) < 4.78 is 13.5. The minimum Gasteiger partial charge on any atom is -0.494 e. The second-order valence-corrected chi connectivity index (χ2v) is 9.38. The normalized spacial score (nSPS) is 23.8. The summed E-state index contributed by atoms with van der Waals surface area (Å²) in [6.45, 7) is 9.61. The predicted molar refractivity (Wildman–Crippen MR) is 116 cm³/mol. The van der Waals surface area contributed by atoms with Crippen molar-refractivity contribution in [3.8, 4) is 5.75 Å². The van der Waals surface area contributed by atoms with Gasteiger partial charge in [-0.1, -0.05) is 12.1 Å². The van der Waals surface area contributed by atoms with E-state index in [1.54, 1.807) is 11.8 Å². The van der Waals surface area contributed by atoms with Crippen molar-refractivity contribution >= 4 is 23.5 Å². The molecule has 29 heavy (non-hydrogen) atoms. The van der Waals surface area contributed by atoms with Crippen LogP contribution in [-0.2, 0) is 9.53 Å². The summed E-state index contributed by atoms with van der Waals surface area (Å²) >= 11 is 1.65. The van der Waals surface area contributed by atoms with E-state index in [9.17, 15) is 4.79 Å². The maximum atomic E-state index is 12.5. The van der Waals surface area contributed by atoms with Crippen molar-refractivity contribution in [3.05, 3.63) is 41.1 Å². The van der Waals surface area contributed by atoms with Crippen molar-refractivity contribution in [2.45, 2.75) is 57.4 Å². The second kappa shape index (κ2) is 8.03. The van der Waals surface area contributed by atoms with Gasteiger partial charge in [-0.15, -0.1) is 11.8 Å². The van der Waals surface area contributed by atoms with Gasteiger partial charge in [-0.3, -0.25) is 4.79 Å². The summed E-state index contributed by atoms with van der Waals surface area (Å²) in [5, 5.41) is 8.09. The Hall–Kier alpha value is -1.99. The number of ether oxygens (including phenoxy) is 2. The standard InChI is InChI=1S/C22H29N3O3S/c1-5-27-17-8-6-15(7-9-17)20-19-14(2)24-25(21(19)23-18(26)13-29-20)16-10-11-28-22(3,4)12-16/h6-9,16,20H,5,10-13H2,1-4H3,(H,23,26)/t16-,20-/m0/s1. The van der Waals surface area contributed by atoms with Crippen LogP contribution in [0.1, 0.15) is 61.7 Å². The van der Waals surface area contributed by atoms with Crippen molar-refractivity contribution in [3.63, 3.8) is 0 Å². The molecular weight excluding hydrogens is 386 g/mol. The van der Waals surface area contributed by atoms with Crippen LogP contribution in [0.2, 0.25) is 0 Å². The van der Waals surface area contributed by atoms with Crippen molar-refractivity contribution in [1.82, 2.24) is 9.78 Å². The number of nitrogens with zero attached hydrogens (tertiary/aromatic N) is 2. The Kier molecular flexibility index (Phi) is 5.62. The number of thioether (sulfide) groups is 1. The minimum atomic E-state index is -0.187. The van der Waals surface area contributed by atoms with E-state index in [-0.39, 0.29) is 22.8 Å². The van der Waals surface area contributed by atoms with Crippen LogP contribution in [-0.4, -0.2) is 40.3 Å². The first kappa shape index (κ1) is 20.3. The van der Waals surface area contributed by atoms with Gasteiger partial charge in [-0.05, 0) is 58.2 Å². The monoisotopic (exact) mass is 415 g/mol. The predicted octanol–water partition coefficient (Wildman–Crippen LogP) is 4.50. The molecule has 0 bridgehead atoms. The largest absolute Gasteiger partial charge is 0.494 e. The van der Waals surface area contributed by atoms with Gasteiger partial charge in [0.15, 0.2) is 0 Å². The highest BCUT2D eigenvalue weighted by atomic mass is 32.2. The SMILES string of the molecule is CCOc1ccc([C@@H]2SCC(=O)Nc3c2c(C)nn3[C@H]2CCOC(C)(C)C2)cc1. The quantitative estimate of drug-likeness (QED) is 0.797. The van der Waals surface area contributed by atoms with Crippen LogP contribution in [0.25, 0.3) is 0 Å². The molecule has 3 heterocycles. The number of rotatable bonds is 4. The zero-order chi connectivity index (χ0) is 20.6. The zero-order valence-corrected chi connectivity index (χ0v) is 18.3. The molecule has 0 radical (unpaired) electrons. The molecule has 0 aliphatic carbocycles. The van der Waals surface area contributed by atoms with Crippen LogP contribution in [0, 0.1) is 6.92 Å². The molecule has 1 aromatic heterocycles. The first-order valence-corrected chi connectivity index (χ1v) is 11.3. The number of aryl methyl sites for hydroxylation is 1. The number of anilines is 1. The van der Waals surface area contributed by atoms with Gasteiger partial charge in [0.2, 0.25) is 5.91 Å². The Labute approximate surface area is 176 Å². The molecule has 0 saturated carbocycles. The number of hydrogen-bond acceptors (Lipinski definition) is 5. The highest BCUT2D eigenvalue weighted by Gasteiger charge is 2.36. The molecule has 6 nitrogen and oxygen atoms in total. The van der Waals surface area contributed by atoms with Gasteiger partial charge >= 0.3 is 0 Å². The molecule has 1 fully saturated rings. The number of carbonyl (C=O) groups excluding carboxylic acids is 1. The first-order valence-electron chi connectivity index (χ1n) is 10.2. The smallest absolute Gasteiger partial charge is 0.235 e. The average molecular weight is 416 g/mol. The lowest BCUT2D eigenvalue weighted by Crippen LogP contribution is -2.36. The molecule has 1 N–H and O–H groups in total. The molecular formula is C22H29N3O3S. The average Bonchev–Trinajstić information content (AvgIpc) is 2.88. The van der Waals surface area contributed by atoms with Crippen LogP contribution in [0.3, 0.4) is 0 Å². The summed E-state index contributed by atoms with van der Waals surface area (Å²) in [6, 6.07) is 8.40. The Morgan fingerprint density at radius 2 is 2.10 bits per heavy atom. The van der Waals surface area contributed by atoms with Crippen LogP contribution in [0.5, 0.6) is 5.75 Å². The van der Waals surface area contributed by atoms with E-state index in [1.165, 1.54) is 0 Å². The Morgan fingerprint density at radius 1 is 1.34 bits per heavy atom. The van der Waals surface area contributed by atoms with Gasteiger partial charge in [-0.25, -0.2) is 4.68 Å². The number of aromatic nitrogens is 2. The highest BCUT2D eigenvalue weighted by molar-refractivity contribution is 8.00. The van der Waals surface area contributed by atoms with Crippen molar-refractivity contribution < 1.29 is 14.3 Å². The highest BCUT2D eigenvalue weighted by Crippen LogP contribution is 2.45. The molecule has 2 aliphatic rings. The zero-order valence-electron chi connectivity index (χ0n) is 17.5.